The third-order valence-corrected chi connectivity index (χ3v) is 2.77. The molecule has 0 bridgehead atoms. The molecule has 1 aromatic rings. The number of benzene rings is 1. The summed E-state index contributed by atoms with van der Waals surface area (Å²) >= 11 is 5.66. The summed E-state index contributed by atoms with van der Waals surface area (Å²) in [6, 6.07) is 5.87. The Kier molecular flexibility index (Phi) is 3.83. The Morgan fingerprint density at radius 3 is 3.06 bits per heavy atom. The Bertz CT molecular complexity index is 492. The smallest absolute Gasteiger partial charge is 0.127 e. The second-order valence-corrected chi connectivity index (χ2v) is 3.90. The zero-order valence-electron chi connectivity index (χ0n) is 9.14. The first kappa shape index (κ1) is 11.7. The van der Waals surface area contributed by atoms with Crippen LogP contribution in [0.1, 0.15) is 11.1 Å². The van der Waals surface area contributed by atoms with E-state index in [1.807, 2.05) is 30.4 Å². The van der Waals surface area contributed by atoms with E-state index < -0.39 is 0 Å². The summed E-state index contributed by atoms with van der Waals surface area (Å²) in [7, 11) is 0. The van der Waals surface area contributed by atoms with Crippen LogP contribution in [0.5, 0.6) is 5.75 Å². The van der Waals surface area contributed by atoms with Crippen molar-refractivity contribution in [3.8, 4) is 5.75 Å². The van der Waals surface area contributed by atoms with Gasteiger partial charge in [-0.2, -0.15) is 0 Å². The highest BCUT2D eigenvalue weighted by Gasteiger charge is 2.07. The molecule has 17 heavy (non-hydrogen) atoms. The SMILES string of the molecule is ON=CCc1ccc2c(c1)C=CC(=CCl)CO2. The average molecular weight is 250 g/mol. The molecule has 0 saturated heterocycles. The van der Waals surface area contributed by atoms with E-state index in [-0.39, 0.29) is 0 Å². The van der Waals surface area contributed by atoms with Crippen LogP contribution in [0.2, 0.25) is 0 Å². The molecule has 3 nitrogen and oxygen atoms in total. The summed E-state index contributed by atoms with van der Waals surface area (Å²) in [6.07, 6.45) is 5.95. The Labute approximate surface area is 105 Å². The lowest BCUT2D eigenvalue weighted by molar-refractivity contribution is 0.321. The lowest BCUT2D eigenvalue weighted by atomic mass is 10.1. The third kappa shape index (κ3) is 2.88. The Morgan fingerprint density at radius 2 is 2.29 bits per heavy atom. The highest BCUT2D eigenvalue weighted by Crippen LogP contribution is 2.25. The van der Waals surface area contributed by atoms with Gasteiger partial charge in [-0.25, -0.2) is 0 Å². The quantitative estimate of drug-likeness (QED) is 0.497. The van der Waals surface area contributed by atoms with Gasteiger partial charge in [0.15, 0.2) is 0 Å². The predicted octanol–water partition coefficient (Wildman–Crippen LogP) is 3.22. The summed E-state index contributed by atoms with van der Waals surface area (Å²) in [5, 5.41) is 11.4. The maximum Gasteiger partial charge on any atom is 0.127 e. The number of hydrogen-bond donors (Lipinski definition) is 1. The van der Waals surface area contributed by atoms with E-state index in [2.05, 4.69) is 5.16 Å². The fourth-order valence-corrected chi connectivity index (χ4v) is 1.74. The highest BCUT2D eigenvalue weighted by molar-refractivity contribution is 6.25. The van der Waals surface area contributed by atoms with Gasteiger partial charge in [-0.15, -0.1) is 5.16 Å². The van der Waals surface area contributed by atoms with Crippen molar-refractivity contribution < 1.29 is 9.94 Å². The van der Waals surface area contributed by atoms with Crippen molar-refractivity contribution in [3.63, 3.8) is 0 Å². The molecule has 0 radical (unpaired) electrons. The standard InChI is InChI=1S/C13H12ClNO2/c14-8-11-1-3-12-7-10(5-6-15-16)2-4-13(12)17-9-11/h1-4,6-8,16H,5,9H2. The number of nitrogens with zero attached hydrogens (tertiary/aromatic N) is 1. The largest absolute Gasteiger partial charge is 0.488 e. The number of oxime groups is 1. The van der Waals surface area contributed by atoms with Crippen LogP contribution in [0.3, 0.4) is 0 Å². The minimum absolute atomic E-state index is 0.477. The summed E-state index contributed by atoms with van der Waals surface area (Å²) in [6.45, 7) is 0.477. The van der Waals surface area contributed by atoms with Crippen LogP contribution in [0.25, 0.3) is 6.08 Å². The fourth-order valence-electron chi connectivity index (χ4n) is 1.61. The maximum atomic E-state index is 8.39. The zero-order valence-corrected chi connectivity index (χ0v) is 9.89. The molecular weight excluding hydrogens is 238 g/mol. The molecular formula is C13H12ClNO2. The Balaban J connectivity index is 2.28. The molecule has 1 N–H and O–H groups in total. The Hall–Kier alpha value is -1.74. The van der Waals surface area contributed by atoms with Crippen molar-refractivity contribution in [2.24, 2.45) is 5.16 Å². The molecule has 0 atom stereocenters. The second kappa shape index (κ2) is 5.55. The van der Waals surface area contributed by atoms with Gasteiger partial charge in [0.2, 0.25) is 0 Å². The van der Waals surface area contributed by atoms with Crippen LogP contribution < -0.4 is 4.74 Å². The maximum absolute atomic E-state index is 8.39. The molecule has 1 aromatic carbocycles. The molecule has 0 unspecified atom stereocenters. The van der Waals surface area contributed by atoms with Gasteiger partial charge in [-0.05, 0) is 17.7 Å². The van der Waals surface area contributed by atoms with Gasteiger partial charge in [0.1, 0.15) is 12.4 Å². The number of ether oxygens (including phenoxy) is 1. The summed E-state index contributed by atoms with van der Waals surface area (Å²) in [4.78, 5) is 0. The van der Waals surface area contributed by atoms with Gasteiger partial charge >= 0.3 is 0 Å². The van der Waals surface area contributed by atoms with Crippen LogP contribution in [0, 0.1) is 0 Å². The molecule has 1 aliphatic heterocycles. The van der Waals surface area contributed by atoms with E-state index in [0.29, 0.717) is 13.0 Å². The molecule has 0 aromatic heterocycles. The van der Waals surface area contributed by atoms with Gasteiger partial charge in [0.05, 0.1) is 0 Å². The monoisotopic (exact) mass is 249 g/mol. The summed E-state index contributed by atoms with van der Waals surface area (Å²) in [5.41, 5.74) is 4.51. The van der Waals surface area contributed by atoms with E-state index in [1.54, 1.807) is 0 Å². The molecule has 0 amide bonds. The first-order valence-corrected chi connectivity index (χ1v) is 5.66. The molecule has 2 rings (SSSR count). The van der Waals surface area contributed by atoms with Gasteiger partial charge in [-0.1, -0.05) is 29.8 Å². The van der Waals surface area contributed by atoms with E-state index in [0.717, 1.165) is 22.4 Å². The topological polar surface area (TPSA) is 41.8 Å². The van der Waals surface area contributed by atoms with Gasteiger partial charge < -0.3 is 9.94 Å². The third-order valence-electron chi connectivity index (χ3n) is 2.49. The van der Waals surface area contributed by atoms with E-state index in [4.69, 9.17) is 21.5 Å². The minimum atomic E-state index is 0.477. The van der Waals surface area contributed by atoms with Crippen molar-refractivity contribution in [3.05, 3.63) is 46.5 Å². The van der Waals surface area contributed by atoms with Crippen molar-refractivity contribution in [2.45, 2.75) is 6.42 Å². The summed E-state index contributed by atoms with van der Waals surface area (Å²) < 4.78 is 5.61. The van der Waals surface area contributed by atoms with Crippen LogP contribution in [0.4, 0.5) is 0 Å². The predicted molar refractivity (Wildman–Crippen MR) is 68.9 cm³/mol. The molecule has 0 spiro atoms. The number of halogens is 1. The Morgan fingerprint density at radius 1 is 1.41 bits per heavy atom. The van der Waals surface area contributed by atoms with E-state index in [1.165, 1.54) is 11.7 Å². The minimum Gasteiger partial charge on any atom is -0.488 e. The molecule has 0 saturated carbocycles. The molecule has 4 heteroatoms. The second-order valence-electron chi connectivity index (χ2n) is 3.68. The molecule has 0 aliphatic carbocycles. The van der Waals surface area contributed by atoms with Crippen molar-refractivity contribution in [1.82, 2.24) is 0 Å². The first-order chi connectivity index (χ1) is 8.33. The molecule has 0 fully saturated rings. The van der Waals surface area contributed by atoms with Crippen molar-refractivity contribution >= 4 is 23.9 Å². The number of fused-ring (bicyclic) bond motifs is 1. The number of hydrogen-bond acceptors (Lipinski definition) is 3. The normalized spacial score (nSPS) is 16.9. The van der Waals surface area contributed by atoms with Crippen molar-refractivity contribution in [1.29, 1.82) is 0 Å². The number of rotatable bonds is 2. The van der Waals surface area contributed by atoms with Crippen LogP contribution >= 0.6 is 11.6 Å². The van der Waals surface area contributed by atoms with Crippen LogP contribution in [0.15, 0.2) is 40.5 Å². The van der Waals surface area contributed by atoms with E-state index >= 15 is 0 Å². The lowest BCUT2D eigenvalue weighted by Gasteiger charge is -2.07. The van der Waals surface area contributed by atoms with Gasteiger partial charge in [0, 0.05) is 29.3 Å². The van der Waals surface area contributed by atoms with Crippen LogP contribution in [-0.2, 0) is 6.42 Å². The molecule has 1 heterocycles. The fraction of sp³-hybridized carbons (Fsp3) is 0.154. The molecule has 88 valence electrons. The zero-order chi connectivity index (χ0) is 12.1. The van der Waals surface area contributed by atoms with Crippen LogP contribution in [-0.4, -0.2) is 18.0 Å². The van der Waals surface area contributed by atoms with Crippen molar-refractivity contribution in [2.75, 3.05) is 6.61 Å². The lowest BCUT2D eigenvalue weighted by Crippen LogP contribution is -1.98. The van der Waals surface area contributed by atoms with Gasteiger partial charge in [0.25, 0.3) is 0 Å². The summed E-state index contributed by atoms with van der Waals surface area (Å²) in [5.74, 6) is 0.833. The average Bonchev–Trinajstić information content (AvgIpc) is 2.58. The first-order valence-electron chi connectivity index (χ1n) is 5.22. The molecule has 1 aliphatic rings. The van der Waals surface area contributed by atoms with Gasteiger partial charge in [-0.3, -0.25) is 0 Å². The van der Waals surface area contributed by atoms with E-state index in [9.17, 15) is 0 Å². The highest BCUT2D eigenvalue weighted by atomic mass is 35.5.